The Hall–Kier alpha value is -2.58. The number of fused-ring (bicyclic) bond motifs is 1. The van der Waals surface area contributed by atoms with Gasteiger partial charge in [0.25, 0.3) is 0 Å². The molecule has 1 aromatic heterocycles. The number of halogens is 1. The zero-order chi connectivity index (χ0) is 15.5. The molecular formula is C17H10BrNO3. The molecule has 108 valence electrons. The predicted octanol–water partition coefficient (Wildman–Crippen LogP) is 4.01. The van der Waals surface area contributed by atoms with Crippen molar-refractivity contribution in [2.75, 3.05) is 0 Å². The molecule has 0 saturated heterocycles. The van der Waals surface area contributed by atoms with Crippen LogP contribution < -0.4 is 10.4 Å². The van der Waals surface area contributed by atoms with Gasteiger partial charge in [-0.05, 0) is 36.4 Å². The first-order chi connectivity index (χ1) is 10.7. The number of nitriles is 1. The summed E-state index contributed by atoms with van der Waals surface area (Å²) in [6.45, 7) is 0.221. The fourth-order valence-electron chi connectivity index (χ4n) is 2.14. The van der Waals surface area contributed by atoms with E-state index in [1.54, 1.807) is 30.3 Å². The summed E-state index contributed by atoms with van der Waals surface area (Å²) in [6, 6.07) is 15.9. The highest BCUT2D eigenvalue weighted by Gasteiger charge is 2.07. The Labute approximate surface area is 134 Å². The maximum absolute atomic E-state index is 11.6. The van der Waals surface area contributed by atoms with Crippen molar-refractivity contribution >= 4 is 26.9 Å². The fourth-order valence-corrected chi connectivity index (χ4v) is 2.48. The van der Waals surface area contributed by atoms with Crippen molar-refractivity contribution in [1.29, 1.82) is 5.26 Å². The van der Waals surface area contributed by atoms with Crippen molar-refractivity contribution in [2.24, 2.45) is 0 Å². The Morgan fingerprint density at radius 1 is 1.18 bits per heavy atom. The molecule has 0 aliphatic heterocycles. The van der Waals surface area contributed by atoms with Crippen molar-refractivity contribution in [1.82, 2.24) is 0 Å². The Kier molecular flexibility index (Phi) is 3.94. The minimum atomic E-state index is -0.421. The van der Waals surface area contributed by atoms with Gasteiger partial charge in [0.1, 0.15) is 17.9 Å². The van der Waals surface area contributed by atoms with Gasteiger partial charge < -0.3 is 9.15 Å². The van der Waals surface area contributed by atoms with Gasteiger partial charge in [-0.25, -0.2) is 4.79 Å². The molecule has 0 fully saturated rings. The molecule has 0 saturated carbocycles. The monoisotopic (exact) mass is 355 g/mol. The van der Waals surface area contributed by atoms with Crippen LogP contribution in [0.1, 0.15) is 11.1 Å². The van der Waals surface area contributed by atoms with Crippen LogP contribution in [0, 0.1) is 11.3 Å². The Morgan fingerprint density at radius 2 is 2.05 bits per heavy atom. The van der Waals surface area contributed by atoms with E-state index in [4.69, 9.17) is 14.4 Å². The van der Waals surface area contributed by atoms with Crippen LogP contribution in [0.4, 0.5) is 0 Å². The maximum atomic E-state index is 11.6. The van der Waals surface area contributed by atoms with Crippen LogP contribution in [-0.4, -0.2) is 0 Å². The zero-order valence-electron chi connectivity index (χ0n) is 11.4. The highest BCUT2D eigenvalue weighted by Crippen LogP contribution is 2.23. The summed E-state index contributed by atoms with van der Waals surface area (Å²) >= 11 is 3.35. The van der Waals surface area contributed by atoms with Crippen molar-refractivity contribution in [3.05, 3.63) is 74.6 Å². The minimum absolute atomic E-state index is 0.221. The Balaban J connectivity index is 1.93. The highest BCUT2D eigenvalue weighted by atomic mass is 79.9. The first-order valence-electron chi connectivity index (χ1n) is 6.51. The predicted molar refractivity (Wildman–Crippen MR) is 85.7 cm³/mol. The van der Waals surface area contributed by atoms with E-state index in [1.165, 1.54) is 6.07 Å². The first kappa shape index (κ1) is 14.4. The lowest BCUT2D eigenvalue weighted by atomic mass is 10.1. The van der Waals surface area contributed by atoms with Crippen molar-refractivity contribution in [2.45, 2.75) is 6.61 Å². The summed E-state index contributed by atoms with van der Waals surface area (Å²) < 4.78 is 11.7. The Bertz CT molecular complexity index is 941. The van der Waals surface area contributed by atoms with Gasteiger partial charge in [-0.15, -0.1) is 0 Å². The molecule has 2 aromatic carbocycles. The molecule has 5 heteroatoms. The average Bonchev–Trinajstić information content (AvgIpc) is 2.52. The quantitative estimate of drug-likeness (QED) is 0.666. The number of benzene rings is 2. The molecule has 0 atom stereocenters. The van der Waals surface area contributed by atoms with E-state index >= 15 is 0 Å². The molecule has 0 aliphatic carbocycles. The van der Waals surface area contributed by atoms with Gasteiger partial charge in [0.15, 0.2) is 0 Å². The normalized spacial score (nSPS) is 10.4. The summed E-state index contributed by atoms with van der Waals surface area (Å²) in [5.74, 6) is 0.581. The van der Waals surface area contributed by atoms with Gasteiger partial charge in [-0.1, -0.05) is 22.0 Å². The maximum Gasteiger partial charge on any atom is 0.336 e. The molecule has 0 unspecified atom stereocenters. The minimum Gasteiger partial charge on any atom is -0.489 e. The van der Waals surface area contributed by atoms with Crippen molar-refractivity contribution in [3.8, 4) is 11.8 Å². The second kappa shape index (κ2) is 6.04. The molecule has 22 heavy (non-hydrogen) atoms. The topological polar surface area (TPSA) is 63.2 Å². The summed E-state index contributed by atoms with van der Waals surface area (Å²) in [6.07, 6.45) is 0. The van der Waals surface area contributed by atoms with Gasteiger partial charge in [0.05, 0.1) is 11.6 Å². The third-order valence-corrected chi connectivity index (χ3v) is 3.64. The van der Waals surface area contributed by atoms with Crippen molar-refractivity contribution in [3.63, 3.8) is 0 Å². The van der Waals surface area contributed by atoms with E-state index in [-0.39, 0.29) is 6.61 Å². The van der Waals surface area contributed by atoms with Crippen LogP contribution >= 0.6 is 15.9 Å². The number of hydrogen-bond donors (Lipinski definition) is 0. The lowest BCUT2D eigenvalue weighted by Crippen LogP contribution is -2.04. The summed E-state index contributed by atoms with van der Waals surface area (Å²) in [5.41, 5.74) is 1.35. The summed E-state index contributed by atoms with van der Waals surface area (Å²) in [4.78, 5) is 11.6. The van der Waals surface area contributed by atoms with Gasteiger partial charge in [0, 0.05) is 21.5 Å². The van der Waals surface area contributed by atoms with E-state index in [2.05, 4.69) is 22.0 Å². The van der Waals surface area contributed by atoms with Gasteiger partial charge in [0.2, 0.25) is 0 Å². The molecule has 1 heterocycles. The van der Waals surface area contributed by atoms with Crippen LogP contribution in [-0.2, 0) is 6.61 Å². The van der Waals surface area contributed by atoms with Crippen LogP contribution in [0.25, 0.3) is 11.0 Å². The number of hydrogen-bond acceptors (Lipinski definition) is 4. The SMILES string of the molecule is N#Cc1cccc(OCc2cc(=O)oc3cc(Br)ccc23)c1. The summed E-state index contributed by atoms with van der Waals surface area (Å²) in [7, 11) is 0. The fraction of sp³-hybridized carbons (Fsp3) is 0.0588. The number of nitrogens with zero attached hydrogens (tertiary/aromatic N) is 1. The molecule has 0 spiro atoms. The third kappa shape index (κ3) is 3.02. The largest absolute Gasteiger partial charge is 0.489 e. The molecule has 3 aromatic rings. The van der Waals surface area contributed by atoms with E-state index in [0.29, 0.717) is 16.9 Å². The number of ether oxygens (including phenoxy) is 1. The molecule has 0 radical (unpaired) electrons. The van der Waals surface area contributed by atoms with Crippen molar-refractivity contribution < 1.29 is 9.15 Å². The molecule has 4 nitrogen and oxygen atoms in total. The van der Waals surface area contributed by atoms with Gasteiger partial charge >= 0.3 is 5.63 Å². The summed E-state index contributed by atoms with van der Waals surface area (Å²) in [5, 5.41) is 9.71. The van der Waals surface area contributed by atoms with E-state index in [0.717, 1.165) is 15.4 Å². The van der Waals surface area contributed by atoms with Gasteiger partial charge in [-0.2, -0.15) is 5.26 Å². The molecule has 0 amide bonds. The van der Waals surface area contributed by atoms with Crippen LogP contribution in [0.3, 0.4) is 0 Å². The Morgan fingerprint density at radius 3 is 2.86 bits per heavy atom. The van der Waals surface area contributed by atoms with Crippen LogP contribution in [0.2, 0.25) is 0 Å². The van der Waals surface area contributed by atoms with E-state index in [1.807, 2.05) is 12.1 Å². The van der Waals surface area contributed by atoms with Gasteiger partial charge in [-0.3, -0.25) is 0 Å². The molecular weight excluding hydrogens is 346 g/mol. The first-order valence-corrected chi connectivity index (χ1v) is 7.30. The lowest BCUT2D eigenvalue weighted by molar-refractivity contribution is 0.306. The second-order valence-corrected chi connectivity index (χ2v) is 5.58. The number of rotatable bonds is 3. The standard InChI is InChI=1S/C17H10BrNO3/c18-13-4-5-15-12(7-17(20)22-16(15)8-13)10-21-14-3-1-2-11(6-14)9-19/h1-8H,10H2. The van der Waals surface area contributed by atoms with Crippen LogP contribution in [0.5, 0.6) is 5.75 Å². The molecule has 0 aliphatic rings. The molecule has 0 N–H and O–H groups in total. The zero-order valence-corrected chi connectivity index (χ0v) is 13.0. The average molecular weight is 356 g/mol. The van der Waals surface area contributed by atoms with Crippen LogP contribution in [0.15, 0.2) is 62.2 Å². The smallest absolute Gasteiger partial charge is 0.336 e. The van der Waals surface area contributed by atoms with E-state index < -0.39 is 5.63 Å². The molecule has 3 rings (SSSR count). The third-order valence-electron chi connectivity index (χ3n) is 3.15. The van der Waals surface area contributed by atoms with E-state index in [9.17, 15) is 4.79 Å². The second-order valence-electron chi connectivity index (χ2n) is 4.66. The highest BCUT2D eigenvalue weighted by molar-refractivity contribution is 9.10. The molecule has 0 bridgehead atoms. The lowest BCUT2D eigenvalue weighted by Gasteiger charge is -2.08.